The van der Waals surface area contributed by atoms with Crippen molar-refractivity contribution in [1.29, 1.82) is 0 Å². The highest BCUT2D eigenvalue weighted by Gasteiger charge is 2.22. The molecule has 0 unspecified atom stereocenters. The molecule has 2 heterocycles. The SMILES string of the molecule is CN1CCN(Cc2ccc(S(=O)(=O)N(C)Cc3cn(CCCF)nn3)cc2)CC1. The molecule has 1 saturated heterocycles. The number of aromatic nitrogens is 3. The van der Waals surface area contributed by atoms with Crippen LogP contribution in [0.15, 0.2) is 35.4 Å². The van der Waals surface area contributed by atoms with Crippen LogP contribution < -0.4 is 0 Å². The Kier molecular flexibility index (Phi) is 7.33. The number of nitrogens with zero attached hydrogens (tertiary/aromatic N) is 6. The zero-order valence-electron chi connectivity index (χ0n) is 17.0. The first-order chi connectivity index (χ1) is 13.9. The van der Waals surface area contributed by atoms with Crippen molar-refractivity contribution in [3.63, 3.8) is 0 Å². The molecule has 160 valence electrons. The van der Waals surface area contributed by atoms with Crippen LogP contribution in [0.5, 0.6) is 0 Å². The van der Waals surface area contributed by atoms with E-state index in [1.807, 2.05) is 12.1 Å². The molecular weight excluding hydrogens is 395 g/mol. The molecule has 3 rings (SSSR count). The van der Waals surface area contributed by atoms with Crippen molar-refractivity contribution in [2.75, 3.05) is 46.9 Å². The lowest BCUT2D eigenvalue weighted by Crippen LogP contribution is -2.43. The van der Waals surface area contributed by atoms with Crippen molar-refractivity contribution in [3.05, 3.63) is 41.7 Å². The van der Waals surface area contributed by atoms with E-state index in [4.69, 9.17) is 0 Å². The Morgan fingerprint density at radius 2 is 1.83 bits per heavy atom. The summed E-state index contributed by atoms with van der Waals surface area (Å²) in [6.07, 6.45) is 2.01. The topological polar surface area (TPSA) is 74.6 Å². The Hall–Kier alpha value is -1.88. The van der Waals surface area contributed by atoms with Crippen LogP contribution in [0.1, 0.15) is 17.7 Å². The van der Waals surface area contributed by atoms with Gasteiger partial charge in [-0.3, -0.25) is 14.0 Å². The third-order valence-corrected chi connectivity index (χ3v) is 6.94. The second-order valence-corrected chi connectivity index (χ2v) is 9.54. The fraction of sp³-hybridized carbons (Fsp3) is 0.579. The van der Waals surface area contributed by atoms with E-state index in [-0.39, 0.29) is 11.4 Å². The number of aryl methyl sites for hydroxylation is 1. The fourth-order valence-electron chi connectivity index (χ4n) is 3.27. The van der Waals surface area contributed by atoms with Crippen LogP contribution in [0, 0.1) is 0 Å². The third-order valence-electron chi connectivity index (χ3n) is 5.13. The second-order valence-electron chi connectivity index (χ2n) is 7.50. The zero-order valence-corrected chi connectivity index (χ0v) is 17.9. The molecule has 8 nitrogen and oxygen atoms in total. The molecular formula is C19H29FN6O2S. The number of sulfonamides is 1. The molecule has 1 aliphatic rings. The first-order valence-electron chi connectivity index (χ1n) is 9.79. The molecule has 0 saturated carbocycles. The highest BCUT2D eigenvalue weighted by atomic mass is 32.2. The Morgan fingerprint density at radius 3 is 2.48 bits per heavy atom. The van der Waals surface area contributed by atoms with Gasteiger partial charge in [-0.25, -0.2) is 8.42 Å². The molecule has 0 atom stereocenters. The van der Waals surface area contributed by atoms with Gasteiger partial charge in [0.1, 0.15) is 0 Å². The van der Waals surface area contributed by atoms with Crippen molar-refractivity contribution in [2.24, 2.45) is 0 Å². The van der Waals surface area contributed by atoms with Crippen LogP contribution in [0.25, 0.3) is 0 Å². The van der Waals surface area contributed by atoms with E-state index in [9.17, 15) is 12.8 Å². The first-order valence-corrected chi connectivity index (χ1v) is 11.2. The van der Waals surface area contributed by atoms with Crippen LogP contribution >= 0.6 is 0 Å². The summed E-state index contributed by atoms with van der Waals surface area (Å²) >= 11 is 0. The van der Waals surface area contributed by atoms with Crippen molar-refractivity contribution < 1.29 is 12.8 Å². The number of halogens is 1. The Bertz CT molecular complexity index is 878. The molecule has 1 aromatic carbocycles. The van der Waals surface area contributed by atoms with Crippen molar-refractivity contribution in [2.45, 2.75) is 31.0 Å². The molecule has 29 heavy (non-hydrogen) atoms. The van der Waals surface area contributed by atoms with Crippen LogP contribution in [0.2, 0.25) is 0 Å². The van der Waals surface area contributed by atoms with Gasteiger partial charge in [0, 0.05) is 52.5 Å². The lowest BCUT2D eigenvalue weighted by molar-refractivity contribution is 0.148. The van der Waals surface area contributed by atoms with Crippen LogP contribution in [0.3, 0.4) is 0 Å². The van der Waals surface area contributed by atoms with E-state index < -0.39 is 16.7 Å². The van der Waals surface area contributed by atoms with Crippen LogP contribution in [-0.2, 0) is 29.7 Å². The summed E-state index contributed by atoms with van der Waals surface area (Å²) in [6, 6.07) is 7.09. The van der Waals surface area contributed by atoms with Crippen molar-refractivity contribution in [3.8, 4) is 0 Å². The molecule has 1 aromatic heterocycles. The zero-order chi connectivity index (χ0) is 20.9. The third kappa shape index (κ3) is 5.81. The van der Waals surface area contributed by atoms with Gasteiger partial charge in [0.2, 0.25) is 10.0 Å². The number of benzene rings is 1. The number of likely N-dealkylation sites (N-methyl/N-ethyl adjacent to an activating group) is 1. The number of rotatable bonds is 9. The molecule has 0 N–H and O–H groups in total. The molecule has 10 heteroatoms. The smallest absolute Gasteiger partial charge is 0.243 e. The minimum Gasteiger partial charge on any atom is -0.304 e. The number of piperazine rings is 1. The molecule has 0 spiro atoms. The van der Waals surface area contributed by atoms with Crippen molar-refractivity contribution in [1.82, 2.24) is 29.1 Å². The number of hydrogen-bond acceptors (Lipinski definition) is 6. The van der Waals surface area contributed by atoms with Gasteiger partial charge in [-0.2, -0.15) is 4.31 Å². The summed E-state index contributed by atoms with van der Waals surface area (Å²) in [5.41, 5.74) is 1.63. The van der Waals surface area contributed by atoms with Crippen LogP contribution in [0.4, 0.5) is 4.39 Å². The molecule has 1 fully saturated rings. The average molecular weight is 425 g/mol. The van der Waals surface area contributed by atoms with E-state index in [1.54, 1.807) is 18.3 Å². The second kappa shape index (κ2) is 9.75. The molecule has 0 bridgehead atoms. The molecule has 1 aliphatic heterocycles. The van der Waals surface area contributed by atoms with Crippen LogP contribution in [-0.4, -0.2) is 84.5 Å². The van der Waals surface area contributed by atoms with E-state index in [0.717, 1.165) is 38.3 Å². The van der Waals surface area contributed by atoms with Crippen molar-refractivity contribution >= 4 is 10.0 Å². The molecule has 0 amide bonds. The highest BCUT2D eigenvalue weighted by molar-refractivity contribution is 7.89. The maximum atomic E-state index is 12.9. The van der Waals surface area contributed by atoms with E-state index in [0.29, 0.717) is 18.7 Å². The Morgan fingerprint density at radius 1 is 1.14 bits per heavy atom. The van der Waals surface area contributed by atoms with Gasteiger partial charge < -0.3 is 4.90 Å². The van der Waals surface area contributed by atoms with Gasteiger partial charge in [0.25, 0.3) is 0 Å². The lowest BCUT2D eigenvalue weighted by atomic mass is 10.2. The standard InChI is InChI=1S/C19H29FN6O2S/c1-23-10-12-25(13-11-23)14-17-4-6-19(7-5-17)29(27,28)24(2)15-18-16-26(22-21-18)9-3-8-20/h4-7,16H,3,8-15H2,1-2H3. The van der Waals surface area contributed by atoms with E-state index >= 15 is 0 Å². The quantitative estimate of drug-likeness (QED) is 0.602. The summed E-state index contributed by atoms with van der Waals surface area (Å²) in [5, 5.41) is 7.88. The highest BCUT2D eigenvalue weighted by Crippen LogP contribution is 2.18. The minimum atomic E-state index is -3.63. The summed E-state index contributed by atoms with van der Waals surface area (Å²) in [7, 11) is 0.0190. The molecule has 2 aromatic rings. The summed E-state index contributed by atoms with van der Waals surface area (Å²) in [4.78, 5) is 4.94. The van der Waals surface area contributed by atoms with E-state index in [1.165, 1.54) is 16.0 Å². The van der Waals surface area contributed by atoms with Gasteiger partial charge in [-0.1, -0.05) is 17.3 Å². The summed E-state index contributed by atoms with van der Waals surface area (Å²) in [5.74, 6) is 0. The minimum absolute atomic E-state index is 0.112. The lowest BCUT2D eigenvalue weighted by Gasteiger charge is -2.32. The number of alkyl halides is 1. The summed E-state index contributed by atoms with van der Waals surface area (Å²) < 4.78 is 40.8. The predicted molar refractivity (Wildman–Crippen MR) is 108 cm³/mol. The average Bonchev–Trinajstić information content (AvgIpc) is 3.16. The fourth-order valence-corrected chi connectivity index (χ4v) is 4.41. The van der Waals surface area contributed by atoms with Gasteiger partial charge in [0.05, 0.1) is 23.8 Å². The predicted octanol–water partition coefficient (Wildman–Crippen LogP) is 1.21. The normalized spacial score (nSPS) is 16.6. The summed E-state index contributed by atoms with van der Waals surface area (Å²) in [6.45, 7) is 5.08. The largest absolute Gasteiger partial charge is 0.304 e. The van der Waals surface area contributed by atoms with Gasteiger partial charge >= 0.3 is 0 Å². The maximum Gasteiger partial charge on any atom is 0.243 e. The molecule has 0 aliphatic carbocycles. The Balaban J connectivity index is 1.60. The van der Waals surface area contributed by atoms with Gasteiger partial charge in [0.15, 0.2) is 0 Å². The number of hydrogen-bond donors (Lipinski definition) is 0. The maximum absolute atomic E-state index is 12.9. The van der Waals surface area contributed by atoms with E-state index in [2.05, 4.69) is 27.2 Å². The Labute approximate surface area is 171 Å². The first kappa shape index (κ1) is 21.8. The monoisotopic (exact) mass is 424 g/mol. The molecule has 0 radical (unpaired) electrons. The van der Waals surface area contributed by atoms with Gasteiger partial charge in [-0.15, -0.1) is 5.10 Å². The van der Waals surface area contributed by atoms with Gasteiger partial charge in [-0.05, 0) is 31.2 Å².